The normalized spacial score (nSPS) is 9.94. The molecule has 0 heterocycles. The molecule has 0 unspecified atom stereocenters. The van der Waals surface area contributed by atoms with Gasteiger partial charge in [0.15, 0.2) is 0 Å². The highest BCUT2D eigenvalue weighted by Gasteiger charge is 2.09. The van der Waals surface area contributed by atoms with Crippen molar-refractivity contribution in [2.45, 2.75) is 11.5 Å². The van der Waals surface area contributed by atoms with Gasteiger partial charge >= 0.3 is 5.97 Å². The fraction of sp³-hybridized carbons (Fsp3) is 0.0714. The number of ether oxygens (including phenoxy) is 1. The first-order valence-corrected chi connectivity index (χ1v) is 5.71. The van der Waals surface area contributed by atoms with E-state index >= 15 is 0 Å². The van der Waals surface area contributed by atoms with Gasteiger partial charge in [0, 0.05) is 4.90 Å². The van der Waals surface area contributed by atoms with Crippen LogP contribution in [-0.4, -0.2) is 5.97 Å². The fourth-order valence-corrected chi connectivity index (χ4v) is 1.70. The second-order valence-corrected chi connectivity index (χ2v) is 4.06. The largest absolute Gasteiger partial charge is 0.457 e. The Morgan fingerprint density at radius 2 is 1.65 bits per heavy atom. The Morgan fingerprint density at radius 1 is 1.00 bits per heavy atom. The Labute approximate surface area is 106 Å². The van der Waals surface area contributed by atoms with Gasteiger partial charge in [0.05, 0.1) is 5.56 Å². The molecule has 2 rings (SSSR count). The van der Waals surface area contributed by atoms with Crippen LogP contribution >= 0.6 is 12.6 Å². The molecule has 0 aromatic heterocycles. The monoisotopic (exact) mass is 244 g/mol. The third-order valence-corrected chi connectivity index (χ3v) is 2.73. The molecule has 2 aromatic rings. The molecule has 0 bridgehead atoms. The van der Waals surface area contributed by atoms with Crippen LogP contribution in [0.5, 0.6) is 0 Å². The summed E-state index contributed by atoms with van der Waals surface area (Å²) in [5.74, 6) is -0.348. The molecule has 0 aliphatic carbocycles. The van der Waals surface area contributed by atoms with E-state index in [0.29, 0.717) is 10.5 Å². The lowest BCUT2D eigenvalue weighted by atomic mass is 10.2. The molecule has 0 N–H and O–H groups in total. The summed E-state index contributed by atoms with van der Waals surface area (Å²) in [4.78, 5) is 12.4. The predicted octanol–water partition coefficient (Wildman–Crippen LogP) is 3.33. The molecule has 0 radical (unpaired) electrons. The van der Waals surface area contributed by atoms with Crippen molar-refractivity contribution in [1.82, 2.24) is 0 Å². The number of thiol groups is 1. The molecule has 0 fully saturated rings. The van der Waals surface area contributed by atoms with Crippen LogP contribution in [0.4, 0.5) is 0 Å². The van der Waals surface area contributed by atoms with E-state index in [1.807, 2.05) is 36.4 Å². The molecule has 0 aliphatic heterocycles. The standard InChI is InChI=1S/C14H12O2S/c15-14(12-8-4-5-9-13(12)17)16-10-11-6-2-1-3-7-11/h1-9,17H,10H2. The minimum absolute atomic E-state index is 0.280. The fourth-order valence-electron chi connectivity index (χ4n) is 1.45. The van der Waals surface area contributed by atoms with Gasteiger partial charge in [0.1, 0.15) is 6.61 Å². The minimum atomic E-state index is -0.348. The lowest BCUT2D eigenvalue weighted by Crippen LogP contribution is -2.05. The van der Waals surface area contributed by atoms with E-state index in [9.17, 15) is 4.79 Å². The van der Waals surface area contributed by atoms with Gasteiger partial charge in [-0.2, -0.15) is 0 Å². The van der Waals surface area contributed by atoms with Gasteiger partial charge in [-0.3, -0.25) is 0 Å². The summed E-state index contributed by atoms with van der Waals surface area (Å²) in [7, 11) is 0. The van der Waals surface area contributed by atoms with Crippen LogP contribution in [0.3, 0.4) is 0 Å². The third-order valence-electron chi connectivity index (χ3n) is 2.34. The first kappa shape index (κ1) is 11.7. The smallest absolute Gasteiger partial charge is 0.339 e. The highest BCUT2D eigenvalue weighted by Crippen LogP contribution is 2.14. The van der Waals surface area contributed by atoms with Crippen molar-refractivity contribution >= 4 is 18.6 Å². The maximum Gasteiger partial charge on any atom is 0.339 e. The summed E-state index contributed by atoms with van der Waals surface area (Å²) in [6.45, 7) is 0.280. The molecule has 0 aliphatic rings. The second-order valence-electron chi connectivity index (χ2n) is 3.58. The first-order valence-electron chi connectivity index (χ1n) is 5.26. The SMILES string of the molecule is O=C(OCc1ccccc1)c1ccccc1S. The van der Waals surface area contributed by atoms with E-state index in [1.54, 1.807) is 18.2 Å². The van der Waals surface area contributed by atoms with Crippen LogP contribution in [0.1, 0.15) is 15.9 Å². The molecule has 0 spiro atoms. The molecule has 0 amide bonds. The zero-order chi connectivity index (χ0) is 12.1. The van der Waals surface area contributed by atoms with Crippen molar-refractivity contribution < 1.29 is 9.53 Å². The van der Waals surface area contributed by atoms with Gasteiger partial charge < -0.3 is 4.74 Å². The zero-order valence-electron chi connectivity index (χ0n) is 9.17. The molecule has 0 saturated heterocycles. The first-order chi connectivity index (χ1) is 8.27. The quantitative estimate of drug-likeness (QED) is 0.662. The van der Waals surface area contributed by atoms with E-state index in [0.717, 1.165) is 5.56 Å². The maximum absolute atomic E-state index is 11.8. The van der Waals surface area contributed by atoms with Crippen LogP contribution in [0, 0.1) is 0 Å². The van der Waals surface area contributed by atoms with Crippen molar-refractivity contribution in [3.05, 3.63) is 65.7 Å². The second kappa shape index (κ2) is 5.55. The highest BCUT2D eigenvalue weighted by atomic mass is 32.1. The average molecular weight is 244 g/mol. The van der Waals surface area contributed by atoms with E-state index in [1.165, 1.54) is 0 Å². The topological polar surface area (TPSA) is 26.3 Å². The average Bonchev–Trinajstić information content (AvgIpc) is 2.38. The molecule has 2 nitrogen and oxygen atoms in total. The molecule has 17 heavy (non-hydrogen) atoms. The zero-order valence-corrected chi connectivity index (χ0v) is 10.1. The summed E-state index contributed by atoms with van der Waals surface area (Å²) in [6, 6.07) is 16.7. The van der Waals surface area contributed by atoms with Gasteiger partial charge in [-0.25, -0.2) is 4.79 Å². The van der Waals surface area contributed by atoms with Crippen LogP contribution < -0.4 is 0 Å². The van der Waals surface area contributed by atoms with Crippen molar-refractivity contribution in [3.8, 4) is 0 Å². The minimum Gasteiger partial charge on any atom is -0.457 e. The van der Waals surface area contributed by atoms with Gasteiger partial charge in [-0.15, -0.1) is 12.6 Å². The van der Waals surface area contributed by atoms with Gasteiger partial charge in [-0.1, -0.05) is 42.5 Å². The Hall–Kier alpha value is -1.74. The van der Waals surface area contributed by atoms with E-state index in [4.69, 9.17) is 4.74 Å². The van der Waals surface area contributed by atoms with Crippen molar-refractivity contribution in [2.24, 2.45) is 0 Å². The van der Waals surface area contributed by atoms with Crippen LogP contribution in [-0.2, 0) is 11.3 Å². The summed E-state index contributed by atoms with van der Waals surface area (Å²) >= 11 is 4.22. The number of hydrogen-bond donors (Lipinski definition) is 1. The Kier molecular flexibility index (Phi) is 3.83. The third kappa shape index (κ3) is 3.11. The van der Waals surface area contributed by atoms with Gasteiger partial charge in [0.25, 0.3) is 0 Å². The van der Waals surface area contributed by atoms with Crippen LogP contribution in [0.2, 0.25) is 0 Å². The summed E-state index contributed by atoms with van der Waals surface area (Å²) in [5, 5.41) is 0. The predicted molar refractivity (Wildman–Crippen MR) is 69.3 cm³/mol. The van der Waals surface area contributed by atoms with Crippen molar-refractivity contribution in [3.63, 3.8) is 0 Å². The Balaban J connectivity index is 2.01. The molecule has 2 aromatic carbocycles. The van der Waals surface area contributed by atoms with E-state index < -0.39 is 0 Å². The number of benzene rings is 2. The van der Waals surface area contributed by atoms with Crippen molar-refractivity contribution in [2.75, 3.05) is 0 Å². The van der Waals surface area contributed by atoms with E-state index in [-0.39, 0.29) is 12.6 Å². The number of carbonyl (C=O) groups is 1. The van der Waals surface area contributed by atoms with Crippen LogP contribution in [0.15, 0.2) is 59.5 Å². The number of carbonyl (C=O) groups excluding carboxylic acids is 1. The number of hydrogen-bond acceptors (Lipinski definition) is 3. The lowest BCUT2D eigenvalue weighted by molar-refractivity contribution is 0.0468. The number of esters is 1. The summed E-state index contributed by atoms with van der Waals surface area (Å²) in [6.07, 6.45) is 0. The van der Waals surface area contributed by atoms with Crippen LogP contribution in [0.25, 0.3) is 0 Å². The number of rotatable bonds is 3. The lowest BCUT2D eigenvalue weighted by Gasteiger charge is -2.06. The van der Waals surface area contributed by atoms with Gasteiger partial charge in [-0.05, 0) is 17.7 Å². The molecule has 3 heteroatoms. The highest BCUT2D eigenvalue weighted by molar-refractivity contribution is 7.80. The summed E-state index contributed by atoms with van der Waals surface area (Å²) < 4.78 is 5.21. The summed E-state index contributed by atoms with van der Waals surface area (Å²) in [5.41, 5.74) is 1.46. The van der Waals surface area contributed by atoms with Gasteiger partial charge in [0.2, 0.25) is 0 Å². The maximum atomic E-state index is 11.8. The molecular weight excluding hydrogens is 232 g/mol. The Bertz CT molecular complexity index is 509. The molecule has 0 atom stereocenters. The van der Waals surface area contributed by atoms with Crippen molar-refractivity contribution in [1.29, 1.82) is 0 Å². The van der Waals surface area contributed by atoms with E-state index in [2.05, 4.69) is 12.6 Å². The Morgan fingerprint density at radius 3 is 2.35 bits per heavy atom. The molecular formula is C14H12O2S. The molecule has 86 valence electrons. The molecule has 0 saturated carbocycles.